The maximum absolute atomic E-state index is 12.5. The summed E-state index contributed by atoms with van der Waals surface area (Å²) in [5, 5.41) is 33.1. The topological polar surface area (TPSA) is 160 Å². The van der Waals surface area contributed by atoms with Gasteiger partial charge in [0.1, 0.15) is 12.0 Å². The van der Waals surface area contributed by atoms with Crippen molar-refractivity contribution in [2.75, 3.05) is 41.5 Å². The SMILES string of the molecule is CC.COCC(C(O)CC(=O)NCCC(C)c1nc(/C=C/C[C@H]2CC(O)CC(OC(CC(C)C)C(CCC(C)CC(C)/C=C(C)/C(C)=C/C=C/C(C)=C/C#N)OC)O2)co1)N(C)C. The molecule has 12 heteroatoms. The van der Waals surface area contributed by atoms with Crippen molar-refractivity contribution >= 4 is 12.0 Å². The van der Waals surface area contributed by atoms with Gasteiger partial charge in [0.15, 0.2) is 12.2 Å². The highest BCUT2D eigenvalue weighted by Gasteiger charge is 2.33. The molecule has 358 valence electrons. The lowest BCUT2D eigenvalue weighted by molar-refractivity contribution is -0.249. The van der Waals surface area contributed by atoms with E-state index >= 15 is 0 Å². The Labute approximate surface area is 381 Å². The van der Waals surface area contributed by atoms with E-state index in [-0.39, 0.29) is 42.6 Å². The first-order chi connectivity index (χ1) is 29.9. The maximum atomic E-state index is 12.5. The fraction of sp³-hybridized carbons (Fsp3) is 0.706. The van der Waals surface area contributed by atoms with Crippen LogP contribution in [0.4, 0.5) is 0 Å². The van der Waals surface area contributed by atoms with E-state index < -0.39 is 18.5 Å². The third-order valence-corrected chi connectivity index (χ3v) is 11.4. The van der Waals surface area contributed by atoms with Gasteiger partial charge in [-0.3, -0.25) is 4.79 Å². The fourth-order valence-electron chi connectivity index (χ4n) is 7.72. The van der Waals surface area contributed by atoms with Gasteiger partial charge in [-0.15, -0.1) is 0 Å². The second kappa shape index (κ2) is 32.3. The van der Waals surface area contributed by atoms with Gasteiger partial charge in [-0.1, -0.05) is 84.4 Å². The van der Waals surface area contributed by atoms with Gasteiger partial charge in [-0.25, -0.2) is 4.98 Å². The fourth-order valence-corrected chi connectivity index (χ4v) is 7.72. The van der Waals surface area contributed by atoms with Crippen molar-refractivity contribution in [3.05, 3.63) is 71.0 Å². The summed E-state index contributed by atoms with van der Waals surface area (Å²) in [5.41, 5.74) is 4.09. The number of likely N-dealkylation sites (N-methyl/N-ethyl adjacent to an activating group) is 1. The monoisotopic (exact) mass is 883 g/mol. The molecule has 0 saturated carbocycles. The molecule has 63 heavy (non-hydrogen) atoms. The molecule has 2 rings (SSSR count). The standard InChI is InChI=1S/C49H80N4O8.C2H6/c1-33(2)25-46(45(58-12)20-19-35(4)26-36(5)27-39(8)37(6)16-13-15-34(3)21-23-50)61-48-29-41(54)28-42(60-48)18-14-17-40-31-59-49(52-40)38(7)22-24-51-47(56)30-44(55)43(32-57-11)53(9)10;1-2/h13-17,21,27,31,33,35-36,38,41-46,48,54-55H,18-20,22,24-26,28-30,32H2,1-12H3,(H,51,56);1-2H3/b15-13+,17-14+,34-21+,37-16+,39-27+;/t35?,36?,38?,41?,42-,43?,44?,45?,46?,48?;/m0./s1. The number of nitrogens with zero attached hydrogens (tertiary/aromatic N) is 3. The molecule has 1 saturated heterocycles. The molecule has 1 aromatic heterocycles. The number of hydrogen-bond donors (Lipinski definition) is 3. The highest BCUT2D eigenvalue weighted by Crippen LogP contribution is 2.30. The molecule has 1 aliphatic heterocycles. The van der Waals surface area contributed by atoms with Gasteiger partial charge in [0.05, 0.1) is 55.7 Å². The predicted octanol–water partition coefficient (Wildman–Crippen LogP) is 9.71. The van der Waals surface area contributed by atoms with Crippen LogP contribution in [-0.4, -0.2) is 110 Å². The predicted molar refractivity (Wildman–Crippen MR) is 255 cm³/mol. The summed E-state index contributed by atoms with van der Waals surface area (Å²) in [5.74, 6) is 1.67. The van der Waals surface area contributed by atoms with Gasteiger partial charge in [0, 0.05) is 45.6 Å². The first kappa shape index (κ1) is 57.6. The number of carbonyl (C=O) groups is 1. The third-order valence-electron chi connectivity index (χ3n) is 11.4. The Bertz CT molecular complexity index is 1610. The van der Waals surface area contributed by atoms with Crippen LogP contribution >= 0.6 is 0 Å². The van der Waals surface area contributed by atoms with Crippen molar-refractivity contribution in [3.63, 3.8) is 0 Å². The van der Waals surface area contributed by atoms with Crippen molar-refractivity contribution in [1.82, 2.24) is 15.2 Å². The van der Waals surface area contributed by atoms with Crippen molar-refractivity contribution in [3.8, 4) is 6.07 Å². The second-order valence-electron chi connectivity index (χ2n) is 17.9. The van der Waals surface area contributed by atoms with Gasteiger partial charge in [0.2, 0.25) is 5.91 Å². The molecule has 1 aliphatic rings. The Hall–Kier alpha value is -3.41. The molecule has 3 N–H and O–H groups in total. The Morgan fingerprint density at radius 1 is 1.05 bits per heavy atom. The van der Waals surface area contributed by atoms with Gasteiger partial charge in [0.25, 0.3) is 0 Å². The van der Waals surface area contributed by atoms with Crippen molar-refractivity contribution in [1.29, 1.82) is 5.26 Å². The van der Waals surface area contributed by atoms with Crippen LogP contribution < -0.4 is 5.32 Å². The van der Waals surface area contributed by atoms with Crippen LogP contribution in [0.3, 0.4) is 0 Å². The molecular formula is C51H86N4O8. The Balaban J connectivity index is 0.00000977. The highest BCUT2D eigenvalue weighted by atomic mass is 16.7. The van der Waals surface area contributed by atoms with Crippen molar-refractivity contribution in [2.24, 2.45) is 17.8 Å². The number of nitrogens with one attached hydrogen (secondary N) is 1. The number of allylic oxidation sites excluding steroid dienone is 8. The van der Waals surface area contributed by atoms with Crippen LogP contribution in [0.25, 0.3) is 6.08 Å². The first-order valence-electron chi connectivity index (χ1n) is 23.3. The van der Waals surface area contributed by atoms with Crippen LogP contribution in [-0.2, 0) is 23.7 Å². The Kier molecular flexibility index (Phi) is 29.5. The lowest BCUT2D eigenvalue weighted by Gasteiger charge is -2.37. The highest BCUT2D eigenvalue weighted by molar-refractivity contribution is 5.76. The molecule has 0 aliphatic carbocycles. The van der Waals surface area contributed by atoms with Crippen LogP contribution in [0.5, 0.6) is 0 Å². The number of amides is 1. The summed E-state index contributed by atoms with van der Waals surface area (Å²) in [6.45, 7) is 21.9. The normalized spacial score (nSPS) is 21.2. The Morgan fingerprint density at radius 3 is 2.40 bits per heavy atom. The number of carbonyl (C=O) groups excluding carboxylic acids is 1. The number of aliphatic hydroxyl groups excluding tert-OH is 2. The largest absolute Gasteiger partial charge is 0.448 e. The van der Waals surface area contributed by atoms with E-state index in [9.17, 15) is 15.0 Å². The minimum absolute atomic E-state index is 0.00300. The third kappa shape index (κ3) is 23.9. The minimum atomic E-state index is -0.834. The summed E-state index contributed by atoms with van der Waals surface area (Å²) in [4.78, 5) is 19.0. The Morgan fingerprint density at radius 2 is 1.76 bits per heavy atom. The zero-order valence-electron chi connectivity index (χ0n) is 41.4. The lowest BCUT2D eigenvalue weighted by Crippen LogP contribution is -2.44. The number of oxazole rings is 1. The molecule has 1 amide bonds. The van der Waals surface area contributed by atoms with Gasteiger partial charge < -0.3 is 43.8 Å². The van der Waals surface area contributed by atoms with Crippen LogP contribution in [0.15, 0.2) is 63.9 Å². The molecule has 1 aromatic rings. The number of nitriles is 1. The quantitative estimate of drug-likeness (QED) is 0.0543. The number of hydrogen-bond acceptors (Lipinski definition) is 11. The summed E-state index contributed by atoms with van der Waals surface area (Å²) >= 11 is 0. The zero-order chi connectivity index (χ0) is 47.5. The zero-order valence-corrected chi connectivity index (χ0v) is 41.4. The van der Waals surface area contributed by atoms with E-state index in [1.54, 1.807) is 20.5 Å². The van der Waals surface area contributed by atoms with E-state index in [0.29, 0.717) is 68.2 Å². The number of aliphatic hydroxyl groups is 2. The minimum Gasteiger partial charge on any atom is -0.448 e. The van der Waals surface area contributed by atoms with E-state index in [2.05, 4.69) is 70.1 Å². The van der Waals surface area contributed by atoms with Crippen LogP contribution in [0.2, 0.25) is 0 Å². The molecule has 1 fully saturated rings. The first-order valence-corrected chi connectivity index (χ1v) is 23.3. The van der Waals surface area contributed by atoms with Crippen LogP contribution in [0, 0.1) is 29.1 Å². The molecule has 0 bridgehead atoms. The summed E-state index contributed by atoms with van der Waals surface area (Å²) < 4.78 is 30.1. The van der Waals surface area contributed by atoms with E-state index in [4.69, 9.17) is 28.6 Å². The molecule has 0 aromatic carbocycles. The smallest absolute Gasteiger partial charge is 0.222 e. The molecule has 12 nitrogen and oxygen atoms in total. The number of methoxy groups -OCH3 is 2. The molecule has 10 atom stereocenters. The summed E-state index contributed by atoms with van der Waals surface area (Å²) in [7, 11) is 7.04. The van der Waals surface area contributed by atoms with E-state index in [1.807, 2.05) is 71.0 Å². The molecule has 0 spiro atoms. The average molecular weight is 883 g/mol. The number of aromatic nitrogens is 1. The second-order valence-corrected chi connectivity index (χ2v) is 17.9. The van der Waals surface area contributed by atoms with E-state index in [0.717, 1.165) is 31.3 Å². The summed E-state index contributed by atoms with van der Waals surface area (Å²) in [6.07, 6.45) is 19.0. The maximum Gasteiger partial charge on any atom is 0.222 e. The summed E-state index contributed by atoms with van der Waals surface area (Å²) in [6, 6.07) is 1.79. The molecule has 2 heterocycles. The van der Waals surface area contributed by atoms with Gasteiger partial charge in [-0.2, -0.15) is 5.26 Å². The average Bonchev–Trinajstić information content (AvgIpc) is 3.69. The molecular weight excluding hydrogens is 797 g/mol. The van der Waals surface area contributed by atoms with Gasteiger partial charge >= 0.3 is 0 Å². The number of rotatable bonds is 28. The van der Waals surface area contributed by atoms with Crippen LogP contribution in [0.1, 0.15) is 145 Å². The lowest BCUT2D eigenvalue weighted by atomic mass is 9.89. The van der Waals surface area contributed by atoms with Crippen molar-refractivity contribution < 1.29 is 38.4 Å². The molecule has 0 radical (unpaired) electrons. The number of ether oxygens (including phenoxy) is 4. The van der Waals surface area contributed by atoms with Crippen molar-refractivity contribution in [2.45, 2.75) is 176 Å². The molecule has 9 unspecified atom stereocenters. The van der Waals surface area contributed by atoms with E-state index in [1.165, 1.54) is 17.2 Å². The van der Waals surface area contributed by atoms with Gasteiger partial charge in [-0.05, 0) is 108 Å².